The van der Waals surface area contributed by atoms with Gasteiger partial charge < -0.3 is 9.88 Å². The quantitative estimate of drug-likeness (QED) is 0.892. The summed E-state index contributed by atoms with van der Waals surface area (Å²) < 4.78 is 2.23. The summed E-state index contributed by atoms with van der Waals surface area (Å²) in [5.41, 5.74) is 4.02. The van der Waals surface area contributed by atoms with E-state index in [1.54, 1.807) is 0 Å². The lowest BCUT2D eigenvalue weighted by Gasteiger charge is -2.19. The van der Waals surface area contributed by atoms with Crippen molar-refractivity contribution in [1.29, 1.82) is 0 Å². The highest BCUT2D eigenvalue weighted by Crippen LogP contribution is 2.19. The average Bonchev–Trinajstić information content (AvgIpc) is 2.86. The third-order valence-corrected chi connectivity index (χ3v) is 3.78. The molecule has 3 nitrogen and oxygen atoms in total. The molecule has 2 rings (SSSR count). The van der Waals surface area contributed by atoms with Crippen molar-refractivity contribution < 1.29 is 0 Å². The summed E-state index contributed by atoms with van der Waals surface area (Å²) in [5.74, 6) is 1.14. The number of imidazole rings is 1. The Kier molecular flexibility index (Phi) is 4.38. The third kappa shape index (κ3) is 3.04. The summed E-state index contributed by atoms with van der Waals surface area (Å²) in [5, 5.41) is 3.41. The second-order valence-electron chi connectivity index (χ2n) is 5.03. The van der Waals surface area contributed by atoms with Gasteiger partial charge in [-0.3, -0.25) is 0 Å². The first-order valence-electron chi connectivity index (χ1n) is 6.90. The van der Waals surface area contributed by atoms with Gasteiger partial charge in [-0.05, 0) is 37.6 Å². The highest BCUT2D eigenvalue weighted by molar-refractivity contribution is 5.31. The van der Waals surface area contributed by atoms with E-state index < -0.39 is 0 Å². The van der Waals surface area contributed by atoms with Crippen LogP contribution in [0.5, 0.6) is 0 Å². The van der Waals surface area contributed by atoms with Crippen molar-refractivity contribution >= 4 is 0 Å². The molecular weight excluding hydrogens is 234 g/mol. The number of rotatable bonds is 5. The van der Waals surface area contributed by atoms with Crippen molar-refractivity contribution in [3.63, 3.8) is 0 Å². The van der Waals surface area contributed by atoms with Crippen molar-refractivity contribution in [1.82, 2.24) is 14.9 Å². The molecular formula is C16H23N3. The summed E-state index contributed by atoms with van der Waals surface area (Å²) in [6.45, 7) is 7.38. The smallest absolute Gasteiger partial charge is 0.108 e. The van der Waals surface area contributed by atoms with E-state index in [1.807, 2.05) is 13.2 Å². The fourth-order valence-electron chi connectivity index (χ4n) is 2.36. The number of benzene rings is 1. The Morgan fingerprint density at radius 3 is 2.68 bits per heavy atom. The summed E-state index contributed by atoms with van der Waals surface area (Å²) in [7, 11) is 2.02. The van der Waals surface area contributed by atoms with Gasteiger partial charge in [-0.2, -0.15) is 0 Å². The summed E-state index contributed by atoms with van der Waals surface area (Å²) in [6.07, 6.45) is 4.91. The van der Waals surface area contributed by atoms with Gasteiger partial charge in [0.05, 0.1) is 0 Å². The molecule has 0 radical (unpaired) electrons. The Bertz CT molecular complexity index is 543. The Hall–Kier alpha value is -1.61. The second kappa shape index (κ2) is 6.02. The molecule has 1 aromatic carbocycles. The molecule has 1 aromatic heterocycles. The molecule has 0 aliphatic rings. The van der Waals surface area contributed by atoms with Crippen LogP contribution in [-0.4, -0.2) is 16.6 Å². The molecule has 0 saturated heterocycles. The van der Waals surface area contributed by atoms with Crippen LogP contribution in [0.1, 0.15) is 35.5 Å². The van der Waals surface area contributed by atoms with Gasteiger partial charge in [-0.1, -0.05) is 25.1 Å². The van der Waals surface area contributed by atoms with Gasteiger partial charge in [-0.25, -0.2) is 4.98 Å². The maximum Gasteiger partial charge on any atom is 0.108 e. The summed E-state index contributed by atoms with van der Waals surface area (Å²) in [4.78, 5) is 4.38. The molecule has 2 aromatic rings. The van der Waals surface area contributed by atoms with E-state index in [1.165, 1.54) is 16.7 Å². The molecule has 0 aliphatic carbocycles. The van der Waals surface area contributed by atoms with Gasteiger partial charge in [-0.15, -0.1) is 0 Å². The van der Waals surface area contributed by atoms with Crippen LogP contribution in [0, 0.1) is 13.8 Å². The molecule has 1 heterocycles. The van der Waals surface area contributed by atoms with Gasteiger partial charge in [0, 0.05) is 31.4 Å². The number of aryl methyl sites for hydroxylation is 3. The van der Waals surface area contributed by atoms with Crippen molar-refractivity contribution in [2.75, 3.05) is 7.05 Å². The Morgan fingerprint density at radius 1 is 1.26 bits per heavy atom. The first-order valence-corrected chi connectivity index (χ1v) is 6.90. The van der Waals surface area contributed by atoms with Crippen LogP contribution in [0.15, 0.2) is 30.6 Å². The van der Waals surface area contributed by atoms with Crippen LogP contribution in [0.3, 0.4) is 0 Å². The predicted molar refractivity (Wildman–Crippen MR) is 79.3 cm³/mol. The maximum absolute atomic E-state index is 4.38. The lowest BCUT2D eigenvalue weighted by atomic mass is 10.0. The Balaban J connectivity index is 2.22. The van der Waals surface area contributed by atoms with E-state index in [-0.39, 0.29) is 0 Å². The van der Waals surface area contributed by atoms with Crippen LogP contribution < -0.4 is 5.32 Å². The van der Waals surface area contributed by atoms with Crippen molar-refractivity contribution in [3.8, 4) is 0 Å². The highest BCUT2D eigenvalue weighted by atomic mass is 15.1. The maximum atomic E-state index is 4.38. The number of hydrogen-bond donors (Lipinski definition) is 1. The number of aromatic nitrogens is 2. The predicted octanol–water partition coefficient (Wildman–Crippen LogP) is 3.02. The van der Waals surface area contributed by atoms with Crippen LogP contribution >= 0.6 is 0 Å². The van der Waals surface area contributed by atoms with Gasteiger partial charge in [0.2, 0.25) is 0 Å². The minimum atomic E-state index is 0.318. The van der Waals surface area contributed by atoms with Gasteiger partial charge in [0.25, 0.3) is 0 Å². The van der Waals surface area contributed by atoms with Crippen molar-refractivity contribution in [2.45, 2.75) is 39.8 Å². The molecule has 0 fully saturated rings. The SMILES string of the molecule is CCc1nccn1CC(NC)c1ccc(C)c(C)c1. The van der Waals surface area contributed by atoms with Gasteiger partial charge in [0.1, 0.15) is 5.82 Å². The molecule has 0 bridgehead atoms. The Labute approximate surface area is 115 Å². The lowest BCUT2D eigenvalue weighted by Crippen LogP contribution is -2.22. The first-order chi connectivity index (χ1) is 9.15. The topological polar surface area (TPSA) is 29.9 Å². The monoisotopic (exact) mass is 257 g/mol. The molecule has 3 heteroatoms. The van der Waals surface area contributed by atoms with Crippen LogP contribution in [0.25, 0.3) is 0 Å². The molecule has 19 heavy (non-hydrogen) atoms. The van der Waals surface area contributed by atoms with Crippen molar-refractivity contribution in [2.24, 2.45) is 0 Å². The molecule has 102 valence electrons. The lowest BCUT2D eigenvalue weighted by molar-refractivity contribution is 0.489. The molecule has 0 amide bonds. The van der Waals surface area contributed by atoms with E-state index in [9.17, 15) is 0 Å². The second-order valence-corrected chi connectivity index (χ2v) is 5.03. The Morgan fingerprint density at radius 2 is 2.05 bits per heavy atom. The molecule has 1 atom stereocenters. The number of nitrogens with zero attached hydrogens (tertiary/aromatic N) is 2. The zero-order valence-corrected chi connectivity index (χ0v) is 12.3. The zero-order chi connectivity index (χ0) is 13.8. The standard InChI is InChI=1S/C16H23N3/c1-5-16-18-8-9-19(16)11-15(17-4)14-7-6-12(2)13(3)10-14/h6-10,15,17H,5,11H2,1-4H3. The normalized spacial score (nSPS) is 12.6. The fourth-order valence-corrected chi connectivity index (χ4v) is 2.36. The fraction of sp³-hybridized carbons (Fsp3) is 0.438. The minimum absolute atomic E-state index is 0.318. The zero-order valence-electron chi connectivity index (χ0n) is 12.3. The molecule has 1 N–H and O–H groups in total. The van der Waals surface area contributed by atoms with Gasteiger partial charge >= 0.3 is 0 Å². The van der Waals surface area contributed by atoms with E-state index in [0.29, 0.717) is 6.04 Å². The number of nitrogens with one attached hydrogen (secondary N) is 1. The molecule has 0 aliphatic heterocycles. The van der Waals surface area contributed by atoms with E-state index in [0.717, 1.165) is 18.8 Å². The third-order valence-electron chi connectivity index (χ3n) is 3.78. The summed E-state index contributed by atoms with van der Waals surface area (Å²) >= 11 is 0. The summed E-state index contributed by atoms with van der Waals surface area (Å²) in [6, 6.07) is 7.01. The minimum Gasteiger partial charge on any atom is -0.333 e. The van der Waals surface area contributed by atoms with Gasteiger partial charge in [0.15, 0.2) is 0 Å². The highest BCUT2D eigenvalue weighted by Gasteiger charge is 2.12. The van der Waals surface area contributed by atoms with Crippen LogP contribution in [-0.2, 0) is 13.0 Å². The largest absolute Gasteiger partial charge is 0.333 e. The van der Waals surface area contributed by atoms with Crippen molar-refractivity contribution in [3.05, 3.63) is 53.1 Å². The molecule has 0 spiro atoms. The van der Waals surface area contributed by atoms with E-state index in [2.05, 4.69) is 60.0 Å². The van der Waals surface area contributed by atoms with E-state index >= 15 is 0 Å². The average molecular weight is 257 g/mol. The van der Waals surface area contributed by atoms with Crippen LogP contribution in [0.2, 0.25) is 0 Å². The molecule has 0 saturated carbocycles. The number of hydrogen-bond acceptors (Lipinski definition) is 2. The first kappa shape index (κ1) is 13.8. The van der Waals surface area contributed by atoms with E-state index in [4.69, 9.17) is 0 Å². The van der Waals surface area contributed by atoms with Crippen LogP contribution in [0.4, 0.5) is 0 Å². The molecule has 1 unspecified atom stereocenters. The number of likely N-dealkylation sites (N-methyl/N-ethyl adjacent to an activating group) is 1.